The Kier molecular flexibility index (Phi) is 7.49. The molecule has 0 bridgehead atoms. The van der Waals surface area contributed by atoms with E-state index in [-0.39, 0.29) is 42.5 Å². The summed E-state index contributed by atoms with van der Waals surface area (Å²) in [6.45, 7) is 0. The molecule has 0 unspecified atom stereocenters. The minimum Gasteiger partial charge on any atom is -1.00 e. The van der Waals surface area contributed by atoms with Crippen LogP contribution in [0.1, 0.15) is 28.5 Å². The predicted octanol–water partition coefficient (Wildman–Crippen LogP) is -0.252. The van der Waals surface area contributed by atoms with Crippen LogP contribution in [0.4, 0.5) is 0 Å². The first kappa shape index (κ1) is 24.1. The summed E-state index contributed by atoms with van der Waals surface area (Å²) < 4.78 is 14.8. The number of phosphoric acid groups is 1. The summed E-state index contributed by atoms with van der Waals surface area (Å²) in [5.41, 5.74) is 1.60. The van der Waals surface area contributed by atoms with Gasteiger partial charge in [0, 0.05) is 16.7 Å². The first-order valence-corrected chi connectivity index (χ1v) is 9.88. The van der Waals surface area contributed by atoms with Gasteiger partial charge in [0.15, 0.2) is 5.60 Å². The molecule has 0 atom stereocenters. The van der Waals surface area contributed by atoms with Crippen molar-refractivity contribution >= 4 is 13.8 Å². The van der Waals surface area contributed by atoms with Gasteiger partial charge >= 0.3 is 43.3 Å². The molecule has 1 aliphatic rings. The third-order valence-corrected chi connectivity index (χ3v) is 4.32. The molecule has 0 saturated heterocycles. The van der Waals surface area contributed by atoms with Crippen molar-refractivity contribution in [2.75, 3.05) is 0 Å². The molecule has 4 rings (SSSR count). The Morgan fingerprint density at radius 3 is 1.60 bits per heavy atom. The minimum absolute atomic E-state index is 0. The van der Waals surface area contributed by atoms with Gasteiger partial charge in [-0.3, -0.25) is 0 Å². The van der Waals surface area contributed by atoms with Crippen LogP contribution in [0.15, 0.2) is 72.8 Å². The van der Waals surface area contributed by atoms with Gasteiger partial charge < -0.3 is 31.1 Å². The van der Waals surface area contributed by atoms with Crippen LogP contribution in [-0.4, -0.2) is 30.9 Å². The maximum Gasteiger partial charge on any atom is 1.00 e. The predicted molar refractivity (Wildman–Crippen MR) is 103 cm³/mol. The molecule has 8 nitrogen and oxygen atoms in total. The largest absolute Gasteiger partial charge is 1.00 e. The van der Waals surface area contributed by atoms with E-state index in [4.69, 9.17) is 24.0 Å². The number of rotatable bonds is 2. The Bertz CT molecular complexity index is 1030. The first-order valence-electron chi connectivity index (χ1n) is 8.31. The molecule has 0 aromatic heterocycles. The number of fused-ring (bicyclic) bond motifs is 1. The molecular weight excluding hydrogens is 422 g/mol. The number of carbonyl (C=O) groups is 1. The van der Waals surface area contributed by atoms with Crippen LogP contribution in [0.2, 0.25) is 0 Å². The molecule has 0 spiro atoms. The Hall–Kier alpha value is -2.16. The monoisotopic (exact) mass is 440 g/mol. The van der Waals surface area contributed by atoms with Crippen LogP contribution in [0.5, 0.6) is 11.5 Å². The van der Waals surface area contributed by atoms with E-state index >= 15 is 0 Å². The van der Waals surface area contributed by atoms with Gasteiger partial charge in [-0.05, 0) is 30.3 Å². The Morgan fingerprint density at radius 1 is 0.767 bits per heavy atom. The van der Waals surface area contributed by atoms with Gasteiger partial charge in [0.05, 0.1) is 5.56 Å². The molecule has 0 aliphatic carbocycles. The SMILES string of the molecule is O=C1OC(c2ccc(O)cc2)(c2ccc(O)cc2)c2ccccc21.O=P(O)(O)O.[H-].[Na+]. The van der Waals surface area contributed by atoms with Crippen LogP contribution in [0, 0.1) is 0 Å². The summed E-state index contributed by atoms with van der Waals surface area (Å²) in [5, 5.41) is 19.2. The Labute approximate surface area is 195 Å². The number of cyclic esters (lactones) is 1. The molecular formula is C20H18NaO8P. The van der Waals surface area contributed by atoms with E-state index in [2.05, 4.69) is 0 Å². The maximum atomic E-state index is 12.4. The molecule has 5 N–H and O–H groups in total. The number of carbonyl (C=O) groups excluding carboxylic acids is 1. The second kappa shape index (κ2) is 9.32. The summed E-state index contributed by atoms with van der Waals surface area (Å²) in [6, 6.07) is 20.4. The fourth-order valence-corrected chi connectivity index (χ4v) is 3.20. The van der Waals surface area contributed by atoms with Crippen molar-refractivity contribution in [2.45, 2.75) is 5.60 Å². The zero-order valence-electron chi connectivity index (χ0n) is 16.8. The van der Waals surface area contributed by atoms with Gasteiger partial charge in [-0.15, -0.1) is 0 Å². The van der Waals surface area contributed by atoms with Crippen molar-refractivity contribution in [3.05, 3.63) is 95.1 Å². The molecule has 1 aliphatic heterocycles. The van der Waals surface area contributed by atoms with Gasteiger partial charge in [0.2, 0.25) is 0 Å². The van der Waals surface area contributed by atoms with Crippen LogP contribution in [0.3, 0.4) is 0 Å². The Balaban J connectivity index is 0.000000622. The van der Waals surface area contributed by atoms with E-state index in [1.54, 1.807) is 60.7 Å². The van der Waals surface area contributed by atoms with Crippen LogP contribution in [-0.2, 0) is 14.9 Å². The second-order valence-electron chi connectivity index (χ2n) is 6.22. The molecule has 0 amide bonds. The van der Waals surface area contributed by atoms with Crippen molar-refractivity contribution in [2.24, 2.45) is 0 Å². The number of hydrogen-bond donors (Lipinski definition) is 5. The zero-order valence-corrected chi connectivity index (χ0v) is 18.7. The number of aromatic hydroxyl groups is 2. The molecule has 152 valence electrons. The first-order chi connectivity index (χ1) is 13.6. The van der Waals surface area contributed by atoms with E-state index in [9.17, 15) is 15.0 Å². The number of hydrogen-bond acceptors (Lipinski definition) is 5. The molecule has 10 heteroatoms. The number of esters is 1. The Morgan fingerprint density at radius 2 is 1.17 bits per heavy atom. The fourth-order valence-electron chi connectivity index (χ4n) is 3.20. The van der Waals surface area contributed by atoms with E-state index in [0.717, 1.165) is 16.7 Å². The van der Waals surface area contributed by atoms with Gasteiger partial charge in [0.25, 0.3) is 0 Å². The van der Waals surface area contributed by atoms with Crippen molar-refractivity contribution in [3.63, 3.8) is 0 Å². The zero-order chi connectivity index (χ0) is 21.2. The number of ether oxygens (including phenoxy) is 1. The number of phenols is 2. The maximum absolute atomic E-state index is 12.4. The normalized spacial score (nSPS) is 13.9. The van der Waals surface area contributed by atoms with E-state index in [1.807, 2.05) is 12.1 Å². The average molecular weight is 440 g/mol. The van der Waals surface area contributed by atoms with Crippen LogP contribution < -0.4 is 29.6 Å². The van der Waals surface area contributed by atoms with E-state index in [1.165, 1.54) is 0 Å². The van der Waals surface area contributed by atoms with Gasteiger partial charge in [-0.1, -0.05) is 42.5 Å². The van der Waals surface area contributed by atoms with Gasteiger partial charge in [-0.25, -0.2) is 9.36 Å². The third kappa shape index (κ3) is 5.11. The van der Waals surface area contributed by atoms with Crippen LogP contribution in [0.25, 0.3) is 0 Å². The average Bonchev–Trinajstić information content (AvgIpc) is 2.96. The molecule has 0 fully saturated rings. The molecule has 3 aromatic rings. The summed E-state index contributed by atoms with van der Waals surface area (Å²) in [6.07, 6.45) is 0. The fraction of sp³-hybridized carbons (Fsp3) is 0.0500. The van der Waals surface area contributed by atoms with Crippen molar-refractivity contribution in [1.82, 2.24) is 0 Å². The van der Waals surface area contributed by atoms with E-state index in [0.29, 0.717) is 5.56 Å². The second-order valence-corrected chi connectivity index (χ2v) is 7.25. The van der Waals surface area contributed by atoms with Gasteiger partial charge in [-0.2, -0.15) is 0 Å². The van der Waals surface area contributed by atoms with Crippen molar-refractivity contribution in [1.29, 1.82) is 0 Å². The van der Waals surface area contributed by atoms with E-state index < -0.39 is 19.4 Å². The standard InChI is InChI=1S/C20H14O4.Na.H3O4P.H/c21-15-9-5-13(6-10-15)20(14-7-11-16(22)12-8-14)18-4-2-1-3-17(18)19(23)24-20;;1-5(2,3)4;/h1-12,21-22H;;(H3,1,2,3,4);/q;+1;;-1. The summed E-state index contributed by atoms with van der Waals surface area (Å²) in [4.78, 5) is 34.0. The smallest absolute Gasteiger partial charge is 1.00 e. The van der Waals surface area contributed by atoms with Crippen LogP contribution >= 0.6 is 7.82 Å². The molecule has 0 radical (unpaired) electrons. The van der Waals surface area contributed by atoms with Crippen molar-refractivity contribution in [3.8, 4) is 11.5 Å². The quantitative estimate of drug-likeness (QED) is 0.208. The third-order valence-electron chi connectivity index (χ3n) is 4.32. The summed E-state index contributed by atoms with van der Waals surface area (Å²) in [7, 11) is -4.64. The number of phenolic OH excluding ortho intramolecular Hbond substituents is 2. The molecule has 3 aromatic carbocycles. The topological polar surface area (TPSA) is 145 Å². The summed E-state index contributed by atoms with van der Waals surface area (Å²) in [5.74, 6) is -0.124. The molecule has 30 heavy (non-hydrogen) atoms. The molecule has 1 heterocycles. The van der Waals surface area contributed by atoms with Crippen molar-refractivity contribution < 1.29 is 70.0 Å². The van der Waals surface area contributed by atoms with Gasteiger partial charge in [0.1, 0.15) is 11.5 Å². The minimum atomic E-state index is -4.64. The summed E-state index contributed by atoms with van der Waals surface area (Å²) >= 11 is 0. The molecule has 0 saturated carbocycles. The number of benzene rings is 3.